The molecule has 23 heavy (non-hydrogen) atoms. The summed E-state index contributed by atoms with van der Waals surface area (Å²) >= 11 is 0. The van der Waals surface area contributed by atoms with E-state index in [2.05, 4.69) is 34.7 Å². The lowest BCUT2D eigenvalue weighted by molar-refractivity contribution is 0.195. The predicted molar refractivity (Wildman–Crippen MR) is 88.5 cm³/mol. The van der Waals surface area contributed by atoms with Gasteiger partial charge in [-0.2, -0.15) is 10.4 Å². The molecule has 0 unspecified atom stereocenters. The van der Waals surface area contributed by atoms with Gasteiger partial charge < -0.3 is 16.4 Å². The Morgan fingerprint density at radius 3 is 3.00 bits per heavy atom. The summed E-state index contributed by atoms with van der Waals surface area (Å²) in [4.78, 5) is 12.0. The van der Waals surface area contributed by atoms with Crippen molar-refractivity contribution in [3.05, 3.63) is 11.3 Å². The number of rotatable bonds is 5. The Hall–Kier alpha value is -2.23. The molecular weight excluding hydrogens is 292 g/mol. The molecule has 0 aromatic carbocycles. The van der Waals surface area contributed by atoms with Crippen LogP contribution < -0.4 is 16.4 Å². The molecule has 0 saturated heterocycles. The number of nitrogens with two attached hydrogens (primary N) is 1. The molecule has 1 aliphatic rings. The molecule has 1 fully saturated rings. The van der Waals surface area contributed by atoms with Crippen molar-refractivity contribution >= 4 is 11.8 Å². The van der Waals surface area contributed by atoms with Crippen LogP contribution >= 0.6 is 0 Å². The fourth-order valence-electron chi connectivity index (χ4n) is 3.17. The van der Waals surface area contributed by atoms with Gasteiger partial charge in [0.2, 0.25) is 0 Å². The average molecular weight is 318 g/mol. The van der Waals surface area contributed by atoms with E-state index in [0.29, 0.717) is 30.4 Å². The Morgan fingerprint density at radius 2 is 2.26 bits per heavy atom. The highest BCUT2D eigenvalue weighted by Crippen LogP contribution is 2.29. The SMILES string of the molecule is C[C@@H]1[C@H](C)CCC[C@H]1NC(=O)NCCCc1[nH]nc(N)c1C#N. The first-order valence-corrected chi connectivity index (χ1v) is 8.30. The fourth-order valence-corrected chi connectivity index (χ4v) is 3.17. The normalized spacial score (nSPS) is 24.0. The maximum absolute atomic E-state index is 12.0. The van der Waals surface area contributed by atoms with Crippen molar-refractivity contribution < 1.29 is 4.79 Å². The van der Waals surface area contributed by atoms with Gasteiger partial charge in [0.05, 0.1) is 5.69 Å². The molecule has 126 valence electrons. The van der Waals surface area contributed by atoms with Crippen molar-refractivity contribution in [1.29, 1.82) is 5.26 Å². The summed E-state index contributed by atoms with van der Waals surface area (Å²) in [5.41, 5.74) is 6.71. The second-order valence-corrected chi connectivity index (χ2v) is 6.45. The summed E-state index contributed by atoms with van der Waals surface area (Å²) in [6, 6.07) is 2.19. The highest BCUT2D eigenvalue weighted by Gasteiger charge is 2.27. The summed E-state index contributed by atoms with van der Waals surface area (Å²) < 4.78 is 0. The van der Waals surface area contributed by atoms with E-state index in [9.17, 15) is 4.79 Å². The van der Waals surface area contributed by atoms with Gasteiger partial charge in [0.15, 0.2) is 5.82 Å². The molecule has 0 spiro atoms. The molecule has 3 atom stereocenters. The third kappa shape index (κ3) is 4.38. The molecule has 1 aromatic heterocycles. The largest absolute Gasteiger partial charge is 0.381 e. The number of hydrogen-bond donors (Lipinski definition) is 4. The van der Waals surface area contributed by atoms with Crippen molar-refractivity contribution in [3.8, 4) is 6.07 Å². The molecule has 2 amide bonds. The van der Waals surface area contributed by atoms with Crippen molar-refractivity contribution in [2.75, 3.05) is 12.3 Å². The van der Waals surface area contributed by atoms with Crippen LogP contribution in [0.5, 0.6) is 0 Å². The lowest BCUT2D eigenvalue weighted by Gasteiger charge is -2.34. The number of aromatic nitrogens is 2. The Kier molecular flexibility index (Phi) is 5.85. The number of urea groups is 1. The summed E-state index contributed by atoms with van der Waals surface area (Å²) in [5, 5.41) is 21.5. The first-order valence-electron chi connectivity index (χ1n) is 8.30. The van der Waals surface area contributed by atoms with Gasteiger partial charge in [-0.3, -0.25) is 5.10 Å². The maximum Gasteiger partial charge on any atom is 0.315 e. The van der Waals surface area contributed by atoms with Gasteiger partial charge in [-0.25, -0.2) is 4.79 Å². The van der Waals surface area contributed by atoms with Crippen LogP contribution in [0, 0.1) is 23.2 Å². The number of carbonyl (C=O) groups is 1. The lowest BCUT2D eigenvalue weighted by atomic mass is 9.78. The van der Waals surface area contributed by atoms with E-state index in [4.69, 9.17) is 11.0 Å². The fraction of sp³-hybridized carbons (Fsp3) is 0.688. The summed E-state index contributed by atoms with van der Waals surface area (Å²) in [7, 11) is 0. The van der Waals surface area contributed by atoms with Gasteiger partial charge in [-0.15, -0.1) is 0 Å². The number of carbonyl (C=O) groups excluding carboxylic acids is 1. The molecule has 0 bridgehead atoms. The number of anilines is 1. The zero-order valence-corrected chi connectivity index (χ0v) is 13.9. The molecule has 0 aliphatic heterocycles. The molecule has 5 N–H and O–H groups in total. The smallest absolute Gasteiger partial charge is 0.315 e. The molecule has 1 heterocycles. The Labute approximate surface area is 137 Å². The van der Waals surface area contributed by atoms with Crippen LogP contribution in [-0.2, 0) is 6.42 Å². The Balaban J connectivity index is 1.70. The summed E-state index contributed by atoms with van der Waals surface area (Å²) in [5.74, 6) is 1.40. The number of aromatic amines is 1. The standard InChI is InChI=1S/C16H26N6O/c1-10-5-3-6-13(11(10)2)20-16(23)19-8-4-7-14-12(9-17)15(18)22-21-14/h10-11,13H,3-8H2,1-2H3,(H3,18,21,22)(H2,19,20,23)/t10-,11-,13-/m1/s1. The number of aryl methyl sites for hydroxylation is 1. The average Bonchev–Trinajstić information content (AvgIpc) is 2.88. The van der Waals surface area contributed by atoms with Crippen molar-refractivity contribution in [2.45, 2.75) is 52.0 Å². The number of nitrogens with zero attached hydrogens (tertiary/aromatic N) is 2. The van der Waals surface area contributed by atoms with E-state index in [1.165, 1.54) is 12.8 Å². The van der Waals surface area contributed by atoms with Gasteiger partial charge in [0, 0.05) is 12.6 Å². The van der Waals surface area contributed by atoms with E-state index >= 15 is 0 Å². The third-order valence-electron chi connectivity index (χ3n) is 4.89. The van der Waals surface area contributed by atoms with Crippen molar-refractivity contribution in [2.24, 2.45) is 11.8 Å². The van der Waals surface area contributed by atoms with Gasteiger partial charge in [0.1, 0.15) is 11.6 Å². The topological polar surface area (TPSA) is 120 Å². The van der Waals surface area contributed by atoms with Crippen LogP contribution in [0.25, 0.3) is 0 Å². The van der Waals surface area contributed by atoms with E-state index in [1.807, 2.05) is 6.07 Å². The van der Waals surface area contributed by atoms with E-state index in [1.54, 1.807) is 0 Å². The van der Waals surface area contributed by atoms with Crippen LogP contribution in [0.1, 0.15) is 50.8 Å². The third-order valence-corrected chi connectivity index (χ3v) is 4.89. The second kappa shape index (κ2) is 7.86. The highest BCUT2D eigenvalue weighted by atomic mass is 16.2. The summed E-state index contributed by atoms with van der Waals surface area (Å²) in [6.07, 6.45) is 4.83. The first kappa shape index (κ1) is 17.1. The quantitative estimate of drug-likeness (QED) is 0.620. The molecule has 7 heteroatoms. The molecule has 1 aromatic rings. The summed E-state index contributed by atoms with van der Waals surface area (Å²) in [6.45, 7) is 5.01. The number of hydrogen-bond acceptors (Lipinski definition) is 4. The Morgan fingerprint density at radius 1 is 1.48 bits per heavy atom. The van der Waals surface area contributed by atoms with Crippen LogP contribution in [0.4, 0.5) is 10.6 Å². The van der Waals surface area contributed by atoms with Gasteiger partial charge in [-0.05, 0) is 31.1 Å². The van der Waals surface area contributed by atoms with E-state index in [0.717, 1.165) is 18.5 Å². The molecule has 2 rings (SSSR count). The highest BCUT2D eigenvalue weighted by molar-refractivity contribution is 5.74. The van der Waals surface area contributed by atoms with Crippen molar-refractivity contribution in [1.82, 2.24) is 20.8 Å². The van der Waals surface area contributed by atoms with Gasteiger partial charge in [-0.1, -0.05) is 26.7 Å². The maximum atomic E-state index is 12.0. The van der Waals surface area contributed by atoms with Crippen LogP contribution in [0.3, 0.4) is 0 Å². The number of nitrogens with one attached hydrogen (secondary N) is 3. The minimum Gasteiger partial charge on any atom is -0.381 e. The number of nitriles is 1. The zero-order valence-electron chi connectivity index (χ0n) is 13.9. The van der Waals surface area contributed by atoms with Gasteiger partial charge >= 0.3 is 6.03 Å². The van der Waals surface area contributed by atoms with Crippen LogP contribution in [0.2, 0.25) is 0 Å². The lowest BCUT2D eigenvalue weighted by Crippen LogP contribution is -2.48. The number of nitrogen functional groups attached to an aromatic ring is 1. The van der Waals surface area contributed by atoms with E-state index in [-0.39, 0.29) is 17.9 Å². The number of H-pyrrole nitrogens is 1. The predicted octanol–water partition coefficient (Wildman–Crippen LogP) is 1.92. The number of amides is 2. The van der Waals surface area contributed by atoms with E-state index < -0.39 is 0 Å². The monoisotopic (exact) mass is 318 g/mol. The zero-order chi connectivity index (χ0) is 16.8. The minimum atomic E-state index is -0.111. The second-order valence-electron chi connectivity index (χ2n) is 6.45. The van der Waals surface area contributed by atoms with Crippen molar-refractivity contribution in [3.63, 3.8) is 0 Å². The van der Waals surface area contributed by atoms with Crippen LogP contribution in [-0.4, -0.2) is 28.8 Å². The first-order chi connectivity index (χ1) is 11.0. The minimum absolute atomic E-state index is 0.111. The molecule has 0 radical (unpaired) electrons. The molecule has 7 nitrogen and oxygen atoms in total. The van der Waals surface area contributed by atoms with Crippen LogP contribution in [0.15, 0.2) is 0 Å². The molecule has 1 saturated carbocycles. The molecule has 1 aliphatic carbocycles. The molecular formula is C16H26N6O. The van der Waals surface area contributed by atoms with Gasteiger partial charge in [0.25, 0.3) is 0 Å². The Bertz CT molecular complexity index is 576.